The fraction of sp³-hybridized carbons (Fsp3) is 0. The third-order valence-corrected chi connectivity index (χ3v) is 9.24. The van der Waals surface area contributed by atoms with Gasteiger partial charge in [-0.3, -0.25) is 23.2 Å². The van der Waals surface area contributed by atoms with E-state index in [2.05, 4.69) is 5.32 Å². The van der Waals surface area contributed by atoms with E-state index in [0.717, 1.165) is 30.3 Å². The maximum atomic E-state index is 13.7. The van der Waals surface area contributed by atoms with Crippen molar-refractivity contribution in [3.8, 4) is 11.1 Å². The molecule has 0 radical (unpaired) electrons. The van der Waals surface area contributed by atoms with Crippen LogP contribution in [0, 0.1) is 0 Å². The van der Waals surface area contributed by atoms with Crippen molar-refractivity contribution in [1.29, 1.82) is 0 Å². The topological polar surface area (TPSA) is 261 Å². The molecule has 14 nitrogen and oxygen atoms in total. The number of ketones is 2. The highest BCUT2D eigenvalue weighted by Gasteiger charge is 2.37. The molecule has 0 aromatic heterocycles. The van der Waals surface area contributed by atoms with Crippen LogP contribution in [-0.2, 0) is 30.4 Å². The van der Waals surface area contributed by atoms with E-state index in [0.29, 0.717) is 0 Å². The molecule has 1 aliphatic carbocycles. The second-order valence-corrected chi connectivity index (χ2v) is 13.5. The summed E-state index contributed by atoms with van der Waals surface area (Å²) in [5, 5.41) is 2.79. The van der Waals surface area contributed by atoms with Gasteiger partial charge in [0.05, 0.1) is 21.8 Å². The number of benzene rings is 4. The van der Waals surface area contributed by atoms with Crippen LogP contribution in [0.3, 0.4) is 0 Å². The third kappa shape index (κ3) is 5.36. The van der Waals surface area contributed by atoms with E-state index in [4.69, 9.17) is 11.5 Å². The third-order valence-electron chi connectivity index (χ3n) is 6.60. The van der Waals surface area contributed by atoms with Gasteiger partial charge in [0.15, 0.2) is 11.6 Å². The molecule has 1 aliphatic rings. The van der Waals surface area contributed by atoms with Gasteiger partial charge in [-0.2, -0.15) is 25.3 Å². The van der Waals surface area contributed by atoms with Crippen molar-refractivity contribution in [2.75, 3.05) is 16.8 Å². The number of fused-ring (bicyclic) bond motifs is 2. The number of nitrogens with two attached hydrogens (primary N) is 2. The van der Waals surface area contributed by atoms with Crippen LogP contribution in [0.1, 0.15) is 31.8 Å². The second kappa shape index (κ2) is 9.97. The smallest absolute Gasteiger partial charge is 0.296 e. The zero-order valence-electron chi connectivity index (χ0n) is 21.3. The quantitative estimate of drug-likeness (QED) is 0.115. The van der Waals surface area contributed by atoms with Crippen molar-refractivity contribution in [2.45, 2.75) is 14.7 Å². The molecule has 0 bridgehead atoms. The average Bonchev–Trinajstić information content (AvgIpc) is 2.91. The van der Waals surface area contributed by atoms with Crippen molar-refractivity contribution >= 4 is 64.7 Å². The van der Waals surface area contributed by atoms with E-state index in [9.17, 15) is 48.5 Å². The molecule has 0 heterocycles. The maximum Gasteiger partial charge on any atom is 0.296 e. The lowest BCUT2D eigenvalue weighted by Gasteiger charge is -2.23. The summed E-state index contributed by atoms with van der Waals surface area (Å²) < 4.78 is 100. The summed E-state index contributed by atoms with van der Waals surface area (Å²) in [6, 6.07) is 12.8. The van der Waals surface area contributed by atoms with Gasteiger partial charge in [0.1, 0.15) is 9.79 Å². The SMILES string of the molecule is Nc1ccc(Nc2ccc(-c3cc(S(=O)(=O)O)c(N)c4c3C(=O)c3cc(S(=O)(=O)O)ccc3C4=O)cc2)c(S(=O)(=O)O)c1. The van der Waals surface area contributed by atoms with Gasteiger partial charge in [-0.1, -0.05) is 12.1 Å². The first-order valence-corrected chi connectivity index (χ1v) is 16.1. The predicted molar refractivity (Wildman–Crippen MR) is 153 cm³/mol. The number of rotatable bonds is 6. The van der Waals surface area contributed by atoms with Crippen molar-refractivity contribution in [1.82, 2.24) is 0 Å². The summed E-state index contributed by atoms with van der Waals surface area (Å²) in [6.45, 7) is 0. The largest absolute Gasteiger partial charge is 0.399 e. The minimum Gasteiger partial charge on any atom is -0.399 e. The molecule has 0 saturated heterocycles. The van der Waals surface area contributed by atoms with E-state index >= 15 is 0 Å². The highest BCUT2D eigenvalue weighted by molar-refractivity contribution is 7.86. The summed E-state index contributed by atoms with van der Waals surface area (Å²) in [5.41, 5.74) is 9.53. The van der Waals surface area contributed by atoms with Gasteiger partial charge in [-0.25, -0.2) is 0 Å². The van der Waals surface area contributed by atoms with Gasteiger partial charge < -0.3 is 16.8 Å². The molecule has 5 rings (SSSR count). The lowest BCUT2D eigenvalue weighted by molar-refractivity contribution is 0.0979. The van der Waals surface area contributed by atoms with Crippen molar-refractivity contribution in [3.63, 3.8) is 0 Å². The summed E-state index contributed by atoms with van der Waals surface area (Å²) in [4.78, 5) is 25.2. The van der Waals surface area contributed by atoms with Crippen LogP contribution in [0.2, 0.25) is 0 Å². The molecule has 0 saturated carbocycles. The van der Waals surface area contributed by atoms with Gasteiger partial charge in [0, 0.05) is 28.1 Å². The predicted octanol–water partition coefficient (Wildman–Crippen LogP) is 2.78. The number of nitrogen functional groups attached to an aromatic ring is 2. The Labute approximate surface area is 244 Å². The average molecular weight is 646 g/mol. The molecule has 17 heteroatoms. The number of carbonyl (C=O) groups is 2. The summed E-state index contributed by atoms with van der Waals surface area (Å²) in [6.07, 6.45) is 0. The first-order chi connectivity index (χ1) is 19.9. The van der Waals surface area contributed by atoms with Crippen LogP contribution >= 0.6 is 0 Å². The van der Waals surface area contributed by atoms with Crippen LogP contribution in [0.5, 0.6) is 0 Å². The minimum atomic E-state index is -5.02. The molecule has 4 aromatic rings. The maximum absolute atomic E-state index is 13.7. The summed E-state index contributed by atoms with van der Waals surface area (Å²) >= 11 is 0. The molecule has 43 heavy (non-hydrogen) atoms. The normalized spacial score (nSPS) is 13.4. The second-order valence-electron chi connectivity index (χ2n) is 9.33. The summed E-state index contributed by atoms with van der Waals surface area (Å²) in [5.74, 6) is -1.85. The van der Waals surface area contributed by atoms with Crippen LogP contribution in [-0.4, -0.2) is 50.5 Å². The van der Waals surface area contributed by atoms with Crippen LogP contribution in [0.25, 0.3) is 11.1 Å². The molecule has 0 spiro atoms. The van der Waals surface area contributed by atoms with Gasteiger partial charge >= 0.3 is 0 Å². The van der Waals surface area contributed by atoms with E-state index in [1.165, 1.54) is 36.4 Å². The first kappa shape index (κ1) is 29.8. The molecule has 4 aromatic carbocycles. The first-order valence-electron chi connectivity index (χ1n) is 11.8. The van der Waals surface area contributed by atoms with E-state index in [-0.39, 0.29) is 39.3 Å². The Balaban J connectivity index is 1.68. The van der Waals surface area contributed by atoms with E-state index in [1.807, 2.05) is 0 Å². The molecule has 0 amide bonds. The zero-order chi connectivity index (χ0) is 31.6. The molecule has 0 fully saturated rings. The number of hydrogen-bond donors (Lipinski definition) is 6. The standard InChI is InChI=1S/C26H19N3O11S3/c27-13-3-8-19(20(9-13)42(35,36)37)29-14-4-1-12(2-5-14)17-11-21(43(38,39)40)24(28)23-22(17)26(31)18-10-15(41(32,33)34)6-7-16(18)25(23)30/h1-11,29H,27-28H2,(H,32,33,34)(H,35,36,37)(H,38,39,40). The van der Waals surface area contributed by atoms with E-state index < -0.39 is 73.4 Å². The van der Waals surface area contributed by atoms with Crippen molar-refractivity contribution < 1.29 is 48.5 Å². The lowest BCUT2D eigenvalue weighted by atomic mass is 9.79. The highest BCUT2D eigenvalue weighted by atomic mass is 32.2. The van der Waals surface area contributed by atoms with Crippen LogP contribution < -0.4 is 16.8 Å². The minimum absolute atomic E-state index is 0.0324. The molecule has 0 aliphatic heterocycles. The number of anilines is 4. The summed E-state index contributed by atoms with van der Waals surface area (Å²) in [7, 11) is -14.4. The fourth-order valence-corrected chi connectivity index (χ4v) is 6.51. The molecule has 222 valence electrons. The van der Waals surface area contributed by atoms with Crippen molar-refractivity contribution in [2.24, 2.45) is 0 Å². The van der Waals surface area contributed by atoms with Gasteiger partial charge in [-0.05, 0) is 65.7 Å². The van der Waals surface area contributed by atoms with E-state index in [1.54, 1.807) is 0 Å². The Morgan fingerprint density at radius 2 is 1.19 bits per heavy atom. The van der Waals surface area contributed by atoms with Gasteiger partial charge in [0.25, 0.3) is 30.4 Å². The monoisotopic (exact) mass is 645 g/mol. The lowest BCUT2D eigenvalue weighted by Crippen LogP contribution is -2.25. The molecule has 0 atom stereocenters. The number of carbonyl (C=O) groups excluding carboxylic acids is 2. The molecular weight excluding hydrogens is 626 g/mol. The van der Waals surface area contributed by atoms with Gasteiger partial charge in [-0.15, -0.1) is 0 Å². The molecule has 0 unspecified atom stereocenters. The van der Waals surface area contributed by atoms with Gasteiger partial charge in [0.2, 0.25) is 0 Å². The Morgan fingerprint density at radius 1 is 0.581 bits per heavy atom. The van der Waals surface area contributed by atoms with Crippen molar-refractivity contribution in [3.05, 3.63) is 89.0 Å². The fourth-order valence-electron chi connectivity index (χ4n) is 4.67. The zero-order valence-corrected chi connectivity index (χ0v) is 23.8. The Bertz CT molecular complexity index is 2230. The Kier molecular flexibility index (Phi) is 6.92. The number of hydrogen-bond acceptors (Lipinski definition) is 11. The Hall–Kier alpha value is -4.65. The number of nitrogens with one attached hydrogen (secondary N) is 1. The molecular formula is C26H19N3O11S3. The molecule has 8 N–H and O–H groups in total. The Morgan fingerprint density at radius 3 is 1.77 bits per heavy atom. The van der Waals surface area contributed by atoms with Crippen LogP contribution in [0.4, 0.5) is 22.7 Å². The highest BCUT2D eigenvalue weighted by Crippen LogP contribution is 2.41. The van der Waals surface area contributed by atoms with Crippen LogP contribution in [0.15, 0.2) is 81.4 Å².